The summed E-state index contributed by atoms with van der Waals surface area (Å²) in [6.07, 6.45) is 2.89. The molecule has 0 bridgehead atoms. The number of halogens is 2. The molecule has 140 valence electrons. The van der Waals surface area contributed by atoms with Crippen molar-refractivity contribution in [2.45, 2.75) is 33.7 Å². The number of pyridine rings is 1. The van der Waals surface area contributed by atoms with Crippen LogP contribution in [0.25, 0.3) is 0 Å². The first-order valence-electron chi connectivity index (χ1n) is 8.19. The number of carbonyl (C=O) groups excluding carboxylic acids is 1. The van der Waals surface area contributed by atoms with Crippen molar-refractivity contribution >= 4 is 30.7 Å². The summed E-state index contributed by atoms with van der Waals surface area (Å²) in [5, 5.41) is 6.25. The second kappa shape index (κ2) is 11.9. The Bertz CT molecular complexity index is 644. The molecular weight excluding hydrogens is 359 g/mol. The van der Waals surface area contributed by atoms with Crippen LogP contribution in [0.4, 0.5) is 0 Å². The fourth-order valence-electron chi connectivity index (χ4n) is 2.59. The van der Waals surface area contributed by atoms with E-state index in [4.69, 9.17) is 0 Å². The Labute approximate surface area is 162 Å². The predicted molar refractivity (Wildman–Crippen MR) is 107 cm³/mol. The van der Waals surface area contributed by atoms with Gasteiger partial charge in [0.05, 0.1) is 17.8 Å². The highest BCUT2D eigenvalue weighted by Gasteiger charge is 2.15. The fraction of sp³-hybridized carbons (Fsp3) is 0.444. The predicted octanol–water partition coefficient (Wildman–Crippen LogP) is 3.12. The molecular formula is C18H28Cl2N4O. The SMILES string of the molecule is CCCNCCNC(=O)c1cc(C)n(Cc2ccccn2)c1C.Cl.Cl. The van der Waals surface area contributed by atoms with Crippen molar-refractivity contribution < 1.29 is 4.79 Å². The van der Waals surface area contributed by atoms with E-state index in [9.17, 15) is 4.79 Å². The van der Waals surface area contributed by atoms with Gasteiger partial charge < -0.3 is 15.2 Å². The Morgan fingerprint density at radius 3 is 2.56 bits per heavy atom. The molecule has 2 heterocycles. The minimum atomic E-state index is -0.0105. The number of hydrogen-bond donors (Lipinski definition) is 2. The van der Waals surface area contributed by atoms with E-state index in [0.29, 0.717) is 13.1 Å². The van der Waals surface area contributed by atoms with Crippen molar-refractivity contribution in [3.8, 4) is 0 Å². The lowest BCUT2D eigenvalue weighted by Crippen LogP contribution is -2.32. The van der Waals surface area contributed by atoms with E-state index in [0.717, 1.165) is 42.2 Å². The van der Waals surface area contributed by atoms with E-state index in [1.165, 1.54) is 0 Å². The van der Waals surface area contributed by atoms with Gasteiger partial charge in [-0.3, -0.25) is 9.78 Å². The van der Waals surface area contributed by atoms with Gasteiger partial charge >= 0.3 is 0 Å². The summed E-state index contributed by atoms with van der Waals surface area (Å²) in [5.41, 5.74) is 3.79. The summed E-state index contributed by atoms with van der Waals surface area (Å²) in [5.74, 6) is -0.0105. The molecule has 2 aromatic heterocycles. The number of nitrogens with zero attached hydrogens (tertiary/aromatic N) is 2. The van der Waals surface area contributed by atoms with Gasteiger partial charge in [0.25, 0.3) is 5.91 Å². The van der Waals surface area contributed by atoms with Crippen molar-refractivity contribution in [2.75, 3.05) is 19.6 Å². The molecule has 0 fully saturated rings. The maximum atomic E-state index is 12.3. The minimum absolute atomic E-state index is 0. The molecule has 25 heavy (non-hydrogen) atoms. The Hall–Kier alpha value is -1.56. The average molecular weight is 387 g/mol. The number of carbonyl (C=O) groups is 1. The number of amides is 1. The largest absolute Gasteiger partial charge is 0.351 e. The molecule has 0 spiro atoms. The van der Waals surface area contributed by atoms with Gasteiger partial charge in [-0.2, -0.15) is 0 Å². The average Bonchev–Trinajstić information content (AvgIpc) is 2.84. The van der Waals surface area contributed by atoms with Crippen LogP contribution in [0.5, 0.6) is 0 Å². The summed E-state index contributed by atoms with van der Waals surface area (Å²) in [6.45, 7) is 9.24. The molecule has 0 aliphatic carbocycles. The van der Waals surface area contributed by atoms with Gasteiger partial charge in [-0.15, -0.1) is 24.8 Å². The quantitative estimate of drug-likeness (QED) is 0.685. The minimum Gasteiger partial charge on any atom is -0.351 e. The lowest BCUT2D eigenvalue weighted by Gasteiger charge is -2.10. The van der Waals surface area contributed by atoms with E-state index in [-0.39, 0.29) is 30.7 Å². The molecule has 0 aliphatic heterocycles. The second-order valence-corrected chi connectivity index (χ2v) is 5.70. The van der Waals surface area contributed by atoms with E-state index in [1.54, 1.807) is 6.20 Å². The molecule has 7 heteroatoms. The maximum Gasteiger partial charge on any atom is 0.253 e. The second-order valence-electron chi connectivity index (χ2n) is 5.70. The van der Waals surface area contributed by atoms with Gasteiger partial charge in [-0.05, 0) is 45.0 Å². The monoisotopic (exact) mass is 386 g/mol. The van der Waals surface area contributed by atoms with E-state index in [2.05, 4.69) is 27.1 Å². The van der Waals surface area contributed by atoms with Crippen LogP contribution < -0.4 is 10.6 Å². The fourth-order valence-corrected chi connectivity index (χ4v) is 2.59. The van der Waals surface area contributed by atoms with Crippen LogP contribution in [0.3, 0.4) is 0 Å². The zero-order valence-electron chi connectivity index (χ0n) is 15.0. The normalized spacial score (nSPS) is 9.88. The van der Waals surface area contributed by atoms with Gasteiger partial charge in [0, 0.05) is 30.7 Å². The summed E-state index contributed by atoms with van der Waals surface area (Å²) < 4.78 is 2.13. The zero-order chi connectivity index (χ0) is 16.7. The number of aryl methyl sites for hydroxylation is 1. The van der Waals surface area contributed by atoms with Crippen molar-refractivity contribution in [3.05, 3.63) is 53.1 Å². The van der Waals surface area contributed by atoms with Crippen molar-refractivity contribution in [1.82, 2.24) is 20.2 Å². The topological polar surface area (TPSA) is 58.9 Å². The summed E-state index contributed by atoms with van der Waals surface area (Å²) in [4.78, 5) is 16.7. The van der Waals surface area contributed by atoms with Crippen LogP contribution >= 0.6 is 24.8 Å². The molecule has 0 aliphatic rings. The number of aromatic nitrogens is 2. The maximum absolute atomic E-state index is 12.3. The van der Waals surface area contributed by atoms with E-state index >= 15 is 0 Å². The highest BCUT2D eigenvalue weighted by molar-refractivity contribution is 5.95. The lowest BCUT2D eigenvalue weighted by atomic mass is 10.2. The third-order valence-corrected chi connectivity index (χ3v) is 3.88. The molecule has 0 unspecified atom stereocenters. The Morgan fingerprint density at radius 2 is 1.92 bits per heavy atom. The van der Waals surface area contributed by atoms with Crippen LogP contribution in [-0.2, 0) is 6.54 Å². The van der Waals surface area contributed by atoms with Crippen LogP contribution in [0.1, 0.15) is 40.8 Å². The third-order valence-electron chi connectivity index (χ3n) is 3.88. The number of rotatable bonds is 8. The van der Waals surface area contributed by atoms with Gasteiger partial charge in [0.15, 0.2) is 0 Å². The summed E-state index contributed by atoms with van der Waals surface area (Å²) in [6, 6.07) is 7.84. The van der Waals surface area contributed by atoms with E-state index < -0.39 is 0 Å². The first-order valence-corrected chi connectivity index (χ1v) is 8.19. The van der Waals surface area contributed by atoms with Crippen molar-refractivity contribution in [2.24, 2.45) is 0 Å². The first-order chi connectivity index (χ1) is 11.1. The summed E-state index contributed by atoms with van der Waals surface area (Å²) in [7, 11) is 0. The highest BCUT2D eigenvalue weighted by atomic mass is 35.5. The van der Waals surface area contributed by atoms with E-state index in [1.807, 2.05) is 38.1 Å². The molecule has 0 saturated carbocycles. The first kappa shape index (κ1) is 23.4. The molecule has 2 aromatic rings. The molecule has 2 rings (SSSR count). The standard InChI is InChI=1S/C18H26N4O.2ClH/c1-4-8-19-10-11-21-18(23)17-12-14(2)22(15(17)3)13-16-7-5-6-9-20-16;;/h5-7,9,12,19H,4,8,10-11,13H2,1-3H3,(H,21,23);2*1H. The summed E-state index contributed by atoms with van der Waals surface area (Å²) >= 11 is 0. The van der Waals surface area contributed by atoms with Gasteiger partial charge in [-0.1, -0.05) is 13.0 Å². The van der Waals surface area contributed by atoms with Crippen LogP contribution in [0.15, 0.2) is 30.5 Å². The Balaban J connectivity index is 0.00000288. The third kappa shape index (κ3) is 6.69. The van der Waals surface area contributed by atoms with Crippen LogP contribution in [0, 0.1) is 13.8 Å². The molecule has 0 saturated heterocycles. The Morgan fingerprint density at radius 1 is 1.16 bits per heavy atom. The molecule has 1 amide bonds. The number of nitrogens with one attached hydrogen (secondary N) is 2. The van der Waals surface area contributed by atoms with Gasteiger partial charge in [0.2, 0.25) is 0 Å². The lowest BCUT2D eigenvalue weighted by molar-refractivity contribution is 0.0953. The van der Waals surface area contributed by atoms with Gasteiger partial charge in [0.1, 0.15) is 0 Å². The van der Waals surface area contributed by atoms with Crippen molar-refractivity contribution in [3.63, 3.8) is 0 Å². The van der Waals surface area contributed by atoms with Crippen LogP contribution in [-0.4, -0.2) is 35.1 Å². The van der Waals surface area contributed by atoms with Crippen LogP contribution in [0.2, 0.25) is 0 Å². The smallest absolute Gasteiger partial charge is 0.253 e. The highest BCUT2D eigenvalue weighted by Crippen LogP contribution is 2.16. The molecule has 0 aromatic carbocycles. The Kier molecular flexibility index (Phi) is 11.2. The zero-order valence-corrected chi connectivity index (χ0v) is 16.7. The van der Waals surface area contributed by atoms with Gasteiger partial charge in [-0.25, -0.2) is 0 Å². The molecule has 5 nitrogen and oxygen atoms in total. The number of hydrogen-bond acceptors (Lipinski definition) is 3. The van der Waals surface area contributed by atoms with Crippen molar-refractivity contribution in [1.29, 1.82) is 0 Å². The molecule has 0 radical (unpaired) electrons. The molecule has 0 atom stereocenters. The molecule has 2 N–H and O–H groups in total.